The Morgan fingerprint density at radius 1 is 1.33 bits per heavy atom. The average Bonchev–Trinajstić information content (AvgIpc) is 2.57. The van der Waals surface area contributed by atoms with Gasteiger partial charge in [0.2, 0.25) is 0 Å². The van der Waals surface area contributed by atoms with Crippen molar-refractivity contribution in [3.8, 4) is 0 Å². The summed E-state index contributed by atoms with van der Waals surface area (Å²) in [6.45, 7) is 8.42. The van der Waals surface area contributed by atoms with Crippen LogP contribution in [0.2, 0.25) is 0 Å². The molecule has 5 heteroatoms. The number of nitrogen functional groups attached to an aromatic ring is 1. The fourth-order valence-corrected chi connectivity index (χ4v) is 2.76. The van der Waals surface area contributed by atoms with Crippen molar-refractivity contribution in [1.82, 2.24) is 10.2 Å². The molecule has 0 aromatic heterocycles. The molecular formula is C16H23N3O2. The molecule has 0 aliphatic carbocycles. The summed E-state index contributed by atoms with van der Waals surface area (Å²) in [5.41, 5.74) is 7.69. The van der Waals surface area contributed by atoms with E-state index in [9.17, 15) is 9.59 Å². The first-order chi connectivity index (χ1) is 9.74. The van der Waals surface area contributed by atoms with Crippen molar-refractivity contribution >= 4 is 17.6 Å². The molecule has 0 spiro atoms. The number of hydrogen-bond acceptors (Lipinski definition) is 3. The molecule has 0 radical (unpaired) electrons. The Bertz CT molecular complexity index is 583. The molecule has 1 aliphatic heterocycles. The molecule has 2 rings (SSSR count). The zero-order valence-corrected chi connectivity index (χ0v) is 13.1. The highest BCUT2D eigenvalue weighted by Gasteiger charge is 2.49. The smallest absolute Gasteiger partial charge is 0.325 e. The first kappa shape index (κ1) is 15.4. The summed E-state index contributed by atoms with van der Waals surface area (Å²) >= 11 is 0. The van der Waals surface area contributed by atoms with Crippen LogP contribution < -0.4 is 11.1 Å². The molecule has 1 fully saturated rings. The number of urea groups is 1. The van der Waals surface area contributed by atoms with Crippen LogP contribution in [0.5, 0.6) is 0 Å². The second kappa shape index (κ2) is 5.39. The number of imide groups is 1. The SMILES string of the molecule is Cc1cc(N)ccc1CC1(C)C(=O)NC(=O)N1CC(C)C. The highest BCUT2D eigenvalue weighted by atomic mass is 16.2. The topological polar surface area (TPSA) is 75.4 Å². The third-order valence-corrected chi connectivity index (χ3v) is 4.00. The lowest BCUT2D eigenvalue weighted by atomic mass is 9.88. The van der Waals surface area contributed by atoms with Gasteiger partial charge in [0.05, 0.1) is 0 Å². The van der Waals surface area contributed by atoms with E-state index in [1.807, 2.05) is 45.9 Å². The number of hydrogen-bond donors (Lipinski definition) is 2. The van der Waals surface area contributed by atoms with Crippen LogP contribution in [0.1, 0.15) is 31.9 Å². The second-order valence-corrected chi connectivity index (χ2v) is 6.40. The van der Waals surface area contributed by atoms with Gasteiger partial charge in [-0.2, -0.15) is 0 Å². The summed E-state index contributed by atoms with van der Waals surface area (Å²) in [6, 6.07) is 5.34. The number of benzene rings is 1. The molecule has 1 aliphatic rings. The standard InChI is InChI=1S/C16H23N3O2/c1-10(2)9-19-15(21)18-14(20)16(19,4)8-12-5-6-13(17)7-11(12)3/h5-7,10H,8-9,17H2,1-4H3,(H,18,20,21). The van der Waals surface area contributed by atoms with Gasteiger partial charge in [-0.15, -0.1) is 0 Å². The fraction of sp³-hybridized carbons (Fsp3) is 0.500. The van der Waals surface area contributed by atoms with Crippen molar-refractivity contribution in [3.63, 3.8) is 0 Å². The lowest BCUT2D eigenvalue weighted by Crippen LogP contribution is -2.50. The molecule has 5 nitrogen and oxygen atoms in total. The van der Waals surface area contributed by atoms with Gasteiger partial charge in [0.1, 0.15) is 5.54 Å². The molecular weight excluding hydrogens is 266 g/mol. The van der Waals surface area contributed by atoms with E-state index in [0.29, 0.717) is 24.6 Å². The summed E-state index contributed by atoms with van der Waals surface area (Å²) in [5, 5.41) is 2.44. The number of carbonyl (C=O) groups is 2. The van der Waals surface area contributed by atoms with Crippen LogP contribution in [0.4, 0.5) is 10.5 Å². The van der Waals surface area contributed by atoms with Gasteiger partial charge in [-0.1, -0.05) is 19.9 Å². The number of anilines is 1. The molecule has 21 heavy (non-hydrogen) atoms. The van der Waals surface area contributed by atoms with Crippen molar-refractivity contribution in [2.75, 3.05) is 12.3 Å². The molecule has 1 saturated heterocycles. The minimum Gasteiger partial charge on any atom is -0.399 e. The van der Waals surface area contributed by atoms with Gasteiger partial charge < -0.3 is 10.6 Å². The third kappa shape index (κ3) is 2.86. The van der Waals surface area contributed by atoms with Gasteiger partial charge in [0.15, 0.2) is 0 Å². The summed E-state index contributed by atoms with van der Waals surface area (Å²) < 4.78 is 0. The third-order valence-electron chi connectivity index (χ3n) is 4.00. The van der Waals surface area contributed by atoms with E-state index < -0.39 is 5.54 Å². The Balaban J connectivity index is 2.33. The number of nitrogens with zero attached hydrogens (tertiary/aromatic N) is 1. The van der Waals surface area contributed by atoms with E-state index in [0.717, 1.165) is 11.1 Å². The van der Waals surface area contributed by atoms with E-state index in [-0.39, 0.29) is 11.9 Å². The van der Waals surface area contributed by atoms with Gasteiger partial charge in [-0.25, -0.2) is 4.79 Å². The van der Waals surface area contributed by atoms with E-state index in [2.05, 4.69) is 5.32 Å². The monoisotopic (exact) mass is 289 g/mol. The normalized spacial score (nSPS) is 22.0. The first-order valence-electron chi connectivity index (χ1n) is 7.22. The Kier molecular flexibility index (Phi) is 3.94. The van der Waals surface area contributed by atoms with Crippen LogP contribution in [0, 0.1) is 12.8 Å². The Hall–Kier alpha value is -2.04. The van der Waals surface area contributed by atoms with Crippen LogP contribution in [-0.4, -0.2) is 28.9 Å². The predicted molar refractivity (Wildman–Crippen MR) is 82.8 cm³/mol. The highest BCUT2D eigenvalue weighted by molar-refractivity contribution is 6.06. The van der Waals surface area contributed by atoms with Gasteiger partial charge in [0.25, 0.3) is 5.91 Å². The summed E-state index contributed by atoms with van der Waals surface area (Å²) in [5.74, 6) is 0.0675. The van der Waals surface area contributed by atoms with Gasteiger partial charge in [0, 0.05) is 18.7 Å². The molecule has 1 heterocycles. The predicted octanol–water partition coefficient (Wildman–Crippen LogP) is 2.09. The van der Waals surface area contributed by atoms with Crippen molar-refractivity contribution in [2.45, 2.75) is 39.7 Å². The number of carbonyl (C=O) groups excluding carboxylic acids is 2. The van der Waals surface area contributed by atoms with E-state index in [1.54, 1.807) is 4.90 Å². The van der Waals surface area contributed by atoms with Crippen LogP contribution in [-0.2, 0) is 11.2 Å². The number of rotatable bonds is 4. The first-order valence-corrected chi connectivity index (χ1v) is 7.22. The quantitative estimate of drug-likeness (QED) is 0.658. The molecule has 114 valence electrons. The zero-order chi connectivity index (χ0) is 15.8. The summed E-state index contributed by atoms with van der Waals surface area (Å²) in [4.78, 5) is 26.0. The second-order valence-electron chi connectivity index (χ2n) is 6.40. The van der Waals surface area contributed by atoms with Crippen LogP contribution in [0.3, 0.4) is 0 Å². The van der Waals surface area contributed by atoms with Crippen molar-refractivity contribution in [2.24, 2.45) is 5.92 Å². The van der Waals surface area contributed by atoms with Crippen molar-refractivity contribution < 1.29 is 9.59 Å². The maximum Gasteiger partial charge on any atom is 0.325 e. The molecule has 3 N–H and O–H groups in total. The van der Waals surface area contributed by atoms with E-state index in [1.165, 1.54) is 0 Å². The van der Waals surface area contributed by atoms with E-state index in [4.69, 9.17) is 5.73 Å². The maximum absolute atomic E-state index is 12.3. The maximum atomic E-state index is 12.3. The van der Waals surface area contributed by atoms with Crippen molar-refractivity contribution in [1.29, 1.82) is 0 Å². The largest absolute Gasteiger partial charge is 0.399 e. The molecule has 1 aromatic rings. The lowest BCUT2D eigenvalue weighted by molar-refractivity contribution is -0.126. The molecule has 3 amide bonds. The van der Waals surface area contributed by atoms with Crippen molar-refractivity contribution in [3.05, 3.63) is 29.3 Å². The van der Waals surface area contributed by atoms with Gasteiger partial charge in [-0.3, -0.25) is 10.1 Å². The Labute approximate surface area is 125 Å². The number of aryl methyl sites for hydroxylation is 1. The molecule has 0 bridgehead atoms. The summed E-state index contributed by atoms with van der Waals surface area (Å²) in [7, 11) is 0. The molecule has 1 aromatic carbocycles. The molecule has 1 atom stereocenters. The molecule has 0 saturated carbocycles. The summed E-state index contributed by atoms with van der Waals surface area (Å²) in [6.07, 6.45) is 0.489. The van der Waals surface area contributed by atoms with Crippen LogP contribution in [0.15, 0.2) is 18.2 Å². The van der Waals surface area contributed by atoms with Crippen LogP contribution in [0.25, 0.3) is 0 Å². The minimum absolute atomic E-state index is 0.232. The number of nitrogens with two attached hydrogens (primary N) is 1. The Morgan fingerprint density at radius 2 is 2.00 bits per heavy atom. The fourth-order valence-electron chi connectivity index (χ4n) is 2.76. The average molecular weight is 289 g/mol. The number of amides is 3. The Morgan fingerprint density at radius 3 is 2.57 bits per heavy atom. The van der Waals surface area contributed by atoms with Gasteiger partial charge >= 0.3 is 6.03 Å². The van der Waals surface area contributed by atoms with E-state index >= 15 is 0 Å². The highest BCUT2D eigenvalue weighted by Crippen LogP contribution is 2.28. The lowest BCUT2D eigenvalue weighted by Gasteiger charge is -2.33. The minimum atomic E-state index is -0.845. The number of nitrogens with one attached hydrogen (secondary N) is 1. The zero-order valence-electron chi connectivity index (χ0n) is 13.1. The van der Waals surface area contributed by atoms with Crippen LogP contribution >= 0.6 is 0 Å². The van der Waals surface area contributed by atoms with Gasteiger partial charge in [-0.05, 0) is 43.0 Å². The molecule has 1 unspecified atom stereocenters.